The summed E-state index contributed by atoms with van der Waals surface area (Å²) in [7, 11) is 2.12. The van der Waals surface area contributed by atoms with Gasteiger partial charge in [0.05, 0.1) is 0 Å². The molecule has 0 N–H and O–H groups in total. The average Bonchev–Trinajstić information content (AvgIpc) is 2.57. The molecule has 0 spiro atoms. The van der Waals surface area contributed by atoms with Crippen LogP contribution in [0, 0.1) is 6.92 Å². The standard InChI is InChI=1S/C13H17IN2O/c1-9-8-16(11(3)15(9)4)12-6-5-7-13(17-14)10(12)2/h5-8,11H,1-4H3/t11-/m0/s1. The van der Waals surface area contributed by atoms with E-state index in [4.69, 9.17) is 3.07 Å². The first kappa shape index (κ1) is 12.5. The predicted molar refractivity (Wildman–Crippen MR) is 79.3 cm³/mol. The zero-order valence-electron chi connectivity index (χ0n) is 10.6. The summed E-state index contributed by atoms with van der Waals surface area (Å²) in [5.74, 6) is 0.927. The lowest BCUT2D eigenvalue weighted by atomic mass is 10.1. The lowest BCUT2D eigenvalue weighted by Gasteiger charge is -2.29. The van der Waals surface area contributed by atoms with Gasteiger partial charge in [0.25, 0.3) is 0 Å². The molecule has 0 saturated heterocycles. The van der Waals surface area contributed by atoms with Gasteiger partial charge in [-0.3, -0.25) is 0 Å². The fourth-order valence-corrected chi connectivity index (χ4v) is 2.60. The number of hydrogen-bond donors (Lipinski definition) is 0. The van der Waals surface area contributed by atoms with E-state index in [1.807, 2.05) is 35.1 Å². The summed E-state index contributed by atoms with van der Waals surface area (Å²) in [6.45, 7) is 6.42. The normalized spacial score (nSPS) is 19.6. The minimum Gasteiger partial charge on any atom is -0.427 e. The molecule has 1 aromatic carbocycles. The molecule has 2 rings (SSSR count). The van der Waals surface area contributed by atoms with Crippen molar-refractivity contribution < 1.29 is 3.07 Å². The van der Waals surface area contributed by atoms with Crippen LogP contribution in [0.4, 0.5) is 5.69 Å². The van der Waals surface area contributed by atoms with Gasteiger partial charge in [0.15, 0.2) is 23.0 Å². The molecule has 1 aliphatic rings. The Labute approximate surface area is 117 Å². The minimum atomic E-state index is 0.346. The van der Waals surface area contributed by atoms with Crippen molar-refractivity contribution in [1.82, 2.24) is 4.90 Å². The van der Waals surface area contributed by atoms with E-state index in [0.717, 1.165) is 5.75 Å². The van der Waals surface area contributed by atoms with Crippen molar-refractivity contribution in [2.45, 2.75) is 26.9 Å². The maximum Gasteiger partial charge on any atom is 0.192 e. The SMILES string of the molecule is CC1=CN(c2cccc(OI)c2C)[C@@H](C)N1C. The van der Waals surface area contributed by atoms with Crippen LogP contribution >= 0.6 is 23.0 Å². The average molecular weight is 344 g/mol. The van der Waals surface area contributed by atoms with E-state index in [0.29, 0.717) is 6.17 Å². The zero-order chi connectivity index (χ0) is 12.6. The quantitative estimate of drug-likeness (QED) is 0.762. The number of benzene rings is 1. The highest BCUT2D eigenvalue weighted by Gasteiger charge is 2.25. The molecule has 0 unspecified atom stereocenters. The third-order valence-corrected chi connectivity index (χ3v) is 3.94. The molecule has 0 amide bonds. The van der Waals surface area contributed by atoms with Gasteiger partial charge in [0, 0.05) is 30.2 Å². The second-order valence-corrected chi connectivity index (χ2v) is 4.84. The summed E-state index contributed by atoms with van der Waals surface area (Å²) >= 11 is 1.93. The van der Waals surface area contributed by atoms with E-state index in [2.05, 4.69) is 49.9 Å². The Morgan fingerprint density at radius 3 is 2.53 bits per heavy atom. The molecule has 3 nitrogen and oxygen atoms in total. The lowest BCUT2D eigenvalue weighted by Crippen LogP contribution is -2.34. The van der Waals surface area contributed by atoms with Crippen molar-refractivity contribution >= 4 is 28.7 Å². The molecule has 0 fully saturated rings. The molecule has 1 atom stereocenters. The Kier molecular flexibility index (Phi) is 3.51. The van der Waals surface area contributed by atoms with Gasteiger partial charge in [-0.25, -0.2) is 0 Å². The van der Waals surface area contributed by atoms with Gasteiger partial charge in [-0.1, -0.05) is 6.07 Å². The van der Waals surface area contributed by atoms with Crippen molar-refractivity contribution in [3.8, 4) is 5.75 Å². The van der Waals surface area contributed by atoms with Crippen molar-refractivity contribution in [3.05, 3.63) is 35.7 Å². The monoisotopic (exact) mass is 344 g/mol. The van der Waals surface area contributed by atoms with Crippen LogP contribution < -0.4 is 7.97 Å². The molecular weight excluding hydrogens is 327 g/mol. The topological polar surface area (TPSA) is 15.7 Å². The van der Waals surface area contributed by atoms with Crippen LogP contribution in [0.2, 0.25) is 0 Å². The first-order valence-electron chi connectivity index (χ1n) is 5.64. The van der Waals surface area contributed by atoms with Gasteiger partial charge in [-0.05, 0) is 32.9 Å². The number of nitrogens with zero attached hydrogens (tertiary/aromatic N) is 2. The van der Waals surface area contributed by atoms with E-state index in [9.17, 15) is 0 Å². The van der Waals surface area contributed by atoms with Gasteiger partial charge < -0.3 is 12.9 Å². The molecule has 4 heteroatoms. The number of halogens is 1. The van der Waals surface area contributed by atoms with Crippen LogP contribution in [-0.2, 0) is 0 Å². The zero-order valence-corrected chi connectivity index (χ0v) is 12.7. The molecule has 1 aromatic rings. The molecule has 1 aliphatic heterocycles. The summed E-state index contributed by atoms with van der Waals surface area (Å²) in [6.07, 6.45) is 2.53. The molecule has 0 radical (unpaired) electrons. The van der Waals surface area contributed by atoms with Crippen molar-refractivity contribution in [1.29, 1.82) is 0 Å². The molecule has 92 valence electrons. The molecule has 0 saturated carbocycles. The molecule has 0 aliphatic carbocycles. The first-order valence-corrected chi connectivity index (χ1v) is 6.52. The maximum absolute atomic E-state index is 5.34. The number of rotatable bonds is 2. The molecular formula is C13H17IN2O. The van der Waals surface area contributed by atoms with Gasteiger partial charge in [0.1, 0.15) is 11.9 Å². The van der Waals surface area contributed by atoms with Gasteiger partial charge >= 0.3 is 0 Å². The van der Waals surface area contributed by atoms with Gasteiger partial charge in [-0.2, -0.15) is 0 Å². The Morgan fingerprint density at radius 2 is 2.00 bits per heavy atom. The first-order chi connectivity index (χ1) is 8.06. The number of hydrogen-bond acceptors (Lipinski definition) is 3. The second-order valence-electron chi connectivity index (χ2n) is 4.40. The minimum absolute atomic E-state index is 0.346. The van der Waals surface area contributed by atoms with Crippen LogP contribution in [0.25, 0.3) is 0 Å². The van der Waals surface area contributed by atoms with Crippen LogP contribution in [0.3, 0.4) is 0 Å². The predicted octanol–water partition coefficient (Wildman–Crippen LogP) is 3.68. The smallest absolute Gasteiger partial charge is 0.192 e. The fourth-order valence-electron chi connectivity index (χ4n) is 2.12. The third-order valence-electron chi connectivity index (χ3n) is 3.46. The Balaban J connectivity index is 2.42. The summed E-state index contributed by atoms with van der Waals surface area (Å²) < 4.78 is 5.34. The van der Waals surface area contributed by atoms with Crippen LogP contribution in [0.15, 0.2) is 30.1 Å². The van der Waals surface area contributed by atoms with E-state index in [1.54, 1.807) is 0 Å². The summed E-state index contributed by atoms with van der Waals surface area (Å²) in [5, 5.41) is 0. The largest absolute Gasteiger partial charge is 0.427 e. The summed E-state index contributed by atoms with van der Waals surface area (Å²) in [4.78, 5) is 4.54. The highest BCUT2D eigenvalue weighted by atomic mass is 127. The molecule has 17 heavy (non-hydrogen) atoms. The van der Waals surface area contributed by atoms with Crippen LogP contribution in [0.1, 0.15) is 19.4 Å². The van der Waals surface area contributed by atoms with E-state index >= 15 is 0 Å². The van der Waals surface area contributed by atoms with Crippen LogP contribution in [-0.4, -0.2) is 18.1 Å². The van der Waals surface area contributed by atoms with Crippen LogP contribution in [0.5, 0.6) is 5.75 Å². The Bertz CT molecular complexity index is 459. The second kappa shape index (κ2) is 4.76. The van der Waals surface area contributed by atoms with Crippen molar-refractivity contribution in [3.63, 3.8) is 0 Å². The van der Waals surface area contributed by atoms with Crippen molar-refractivity contribution in [2.24, 2.45) is 0 Å². The summed E-state index contributed by atoms with van der Waals surface area (Å²) in [5.41, 5.74) is 3.65. The Morgan fingerprint density at radius 1 is 1.29 bits per heavy atom. The van der Waals surface area contributed by atoms with Crippen molar-refractivity contribution in [2.75, 3.05) is 11.9 Å². The van der Waals surface area contributed by atoms with E-state index < -0.39 is 0 Å². The molecule has 0 aromatic heterocycles. The highest BCUT2D eigenvalue weighted by molar-refractivity contribution is 14.1. The third kappa shape index (κ3) is 2.10. The molecule has 0 bridgehead atoms. The fraction of sp³-hybridized carbons (Fsp3) is 0.385. The highest BCUT2D eigenvalue weighted by Crippen LogP contribution is 2.34. The number of anilines is 1. The Hall–Kier alpha value is -0.910. The maximum atomic E-state index is 5.34. The van der Waals surface area contributed by atoms with Gasteiger partial charge in [-0.15, -0.1) is 0 Å². The summed E-state index contributed by atoms with van der Waals surface area (Å²) in [6, 6.07) is 6.16. The molecule has 1 heterocycles. The number of allylic oxidation sites excluding steroid dienone is 1. The van der Waals surface area contributed by atoms with Gasteiger partial charge in [0.2, 0.25) is 0 Å². The lowest BCUT2D eigenvalue weighted by molar-refractivity contribution is 0.357. The van der Waals surface area contributed by atoms with E-state index in [1.165, 1.54) is 16.9 Å². The van der Waals surface area contributed by atoms with E-state index in [-0.39, 0.29) is 0 Å².